The summed E-state index contributed by atoms with van der Waals surface area (Å²) < 4.78 is 14.1. The minimum Gasteiger partial charge on any atom is -0.370 e. The molecule has 1 aromatic heterocycles. The van der Waals surface area contributed by atoms with Gasteiger partial charge in [-0.05, 0) is 48.9 Å². The second kappa shape index (κ2) is 7.11. The number of carbonyl (C=O) groups excluding carboxylic acids is 1. The number of hydrogen-bond donors (Lipinski definition) is 1. The number of amides is 1. The van der Waals surface area contributed by atoms with Gasteiger partial charge in [0.1, 0.15) is 11.5 Å². The minimum atomic E-state index is -0.231. The summed E-state index contributed by atoms with van der Waals surface area (Å²) in [6.45, 7) is 2.95. The number of aromatic nitrogens is 1. The molecule has 2 heterocycles. The zero-order valence-corrected chi connectivity index (χ0v) is 15.8. The number of nitrogens with zero attached hydrogens (tertiary/aromatic N) is 2. The Morgan fingerprint density at radius 3 is 2.62 bits per heavy atom. The minimum absolute atomic E-state index is 0.0223. The van der Waals surface area contributed by atoms with Crippen LogP contribution in [-0.2, 0) is 0 Å². The van der Waals surface area contributed by atoms with E-state index in [-0.39, 0.29) is 11.7 Å². The van der Waals surface area contributed by atoms with E-state index in [0.717, 1.165) is 40.6 Å². The molecule has 2 aromatic carbocycles. The fraction of sp³-hybridized carbons (Fsp3) is 0.250. The normalized spacial score (nSPS) is 15.3. The van der Waals surface area contributed by atoms with Crippen LogP contribution in [0.25, 0.3) is 10.9 Å². The first kappa shape index (κ1) is 17.1. The van der Waals surface area contributed by atoms with Crippen LogP contribution in [0.15, 0.2) is 53.0 Å². The molecule has 1 aliphatic heterocycles. The molecular weight excluding hydrogens is 397 g/mol. The van der Waals surface area contributed by atoms with Crippen LogP contribution < -0.4 is 4.90 Å². The number of fused-ring (bicyclic) bond motifs is 1. The topological polar surface area (TPSA) is 39.3 Å². The Labute approximate surface area is 159 Å². The van der Waals surface area contributed by atoms with Crippen molar-refractivity contribution >= 4 is 38.4 Å². The highest BCUT2D eigenvalue weighted by Crippen LogP contribution is 2.25. The van der Waals surface area contributed by atoms with E-state index in [4.69, 9.17) is 0 Å². The summed E-state index contributed by atoms with van der Waals surface area (Å²) in [5.74, 6) is -0.209. The zero-order chi connectivity index (χ0) is 18.1. The van der Waals surface area contributed by atoms with Gasteiger partial charge in [-0.2, -0.15) is 0 Å². The van der Waals surface area contributed by atoms with Gasteiger partial charge in [0.25, 0.3) is 5.91 Å². The Bertz CT molecular complexity index is 938. The van der Waals surface area contributed by atoms with Crippen molar-refractivity contribution in [1.29, 1.82) is 0 Å². The number of benzene rings is 2. The number of carbonyl (C=O) groups is 1. The standard InChI is InChI=1S/C20H19BrFN3O/c21-17-3-1-4-18-16(17)13-19(23-18)20(26)25-10-2-9-24(11-12-25)15-7-5-14(22)6-8-15/h1,3-8,13,23H,2,9-12H2. The number of H-pyrrole nitrogens is 1. The molecule has 1 aliphatic rings. The first-order valence-corrected chi connectivity index (χ1v) is 9.48. The van der Waals surface area contributed by atoms with Gasteiger partial charge in [0.05, 0.1) is 0 Å². The van der Waals surface area contributed by atoms with Crippen LogP contribution in [0.1, 0.15) is 16.9 Å². The monoisotopic (exact) mass is 415 g/mol. The molecule has 1 fully saturated rings. The number of rotatable bonds is 2. The fourth-order valence-electron chi connectivity index (χ4n) is 3.43. The number of aromatic amines is 1. The molecule has 134 valence electrons. The Morgan fingerprint density at radius 2 is 1.85 bits per heavy atom. The lowest BCUT2D eigenvalue weighted by Gasteiger charge is -2.23. The summed E-state index contributed by atoms with van der Waals surface area (Å²) in [5, 5.41) is 1.01. The van der Waals surface area contributed by atoms with Crippen molar-refractivity contribution in [3.63, 3.8) is 0 Å². The quantitative estimate of drug-likeness (QED) is 0.672. The van der Waals surface area contributed by atoms with Crippen molar-refractivity contribution in [1.82, 2.24) is 9.88 Å². The molecule has 3 aromatic rings. The fourth-order valence-corrected chi connectivity index (χ4v) is 3.92. The molecule has 1 amide bonds. The van der Waals surface area contributed by atoms with E-state index >= 15 is 0 Å². The maximum Gasteiger partial charge on any atom is 0.270 e. The lowest BCUT2D eigenvalue weighted by Crippen LogP contribution is -2.35. The van der Waals surface area contributed by atoms with Crippen LogP contribution in [0.4, 0.5) is 10.1 Å². The van der Waals surface area contributed by atoms with Crippen LogP contribution in [0.5, 0.6) is 0 Å². The lowest BCUT2D eigenvalue weighted by atomic mass is 10.2. The Balaban J connectivity index is 1.50. The second-order valence-electron chi connectivity index (χ2n) is 6.49. The van der Waals surface area contributed by atoms with Gasteiger partial charge >= 0.3 is 0 Å². The van der Waals surface area contributed by atoms with Gasteiger partial charge in [-0.25, -0.2) is 4.39 Å². The molecule has 0 radical (unpaired) electrons. The predicted octanol–water partition coefficient (Wildman–Crippen LogP) is 4.42. The molecule has 0 aliphatic carbocycles. The first-order valence-electron chi connectivity index (χ1n) is 8.69. The maximum absolute atomic E-state index is 13.1. The van der Waals surface area contributed by atoms with Crippen LogP contribution >= 0.6 is 15.9 Å². The van der Waals surface area contributed by atoms with Crippen molar-refractivity contribution in [2.24, 2.45) is 0 Å². The lowest BCUT2D eigenvalue weighted by molar-refractivity contribution is 0.0762. The Morgan fingerprint density at radius 1 is 1.04 bits per heavy atom. The molecule has 0 unspecified atom stereocenters. The summed E-state index contributed by atoms with van der Waals surface area (Å²) in [6, 6.07) is 14.3. The predicted molar refractivity (Wildman–Crippen MR) is 105 cm³/mol. The van der Waals surface area contributed by atoms with Gasteiger partial charge in [-0.15, -0.1) is 0 Å². The van der Waals surface area contributed by atoms with E-state index in [1.807, 2.05) is 29.2 Å². The van der Waals surface area contributed by atoms with Gasteiger partial charge in [0.2, 0.25) is 0 Å². The van der Waals surface area contributed by atoms with Gasteiger partial charge in [-0.3, -0.25) is 4.79 Å². The van der Waals surface area contributed by atoms with Crippen molar-refractivity contribution in [2.45, 2.75) is 6.42 Å². The molecule has 4 nitrogen and oxygen atoms in total. The average molecular weight is 416 g/mol. The van der Waals surface area contributed by atoms with E-state index in [1.165, 1.54) is 12.1 Å². The van der Waals surface area contributed by atoms with Crippen molar-refractivity contribution in [3.8, 4) is 0 Å². The number of nitrogens with one attached hydrogen (secondary N) is 1. The summed E-state index contributed by atoms with van der Waals surface area (Å²) in [5.41, 5.74) is 2.56. The molecule has 1 N–H and O–H groups in total. The third kappa shape index (κ3) is 3.33. The molecule has 0 bridgehead atoms. The molecule has 0 spiro atoms. The van der Waals surface area contributed by atoms with Gasteiger partial charge in [0, 0.05) is 47.2 Å². The van der Waals surface area contributed by atoms with E-state index in [1.54, 1.807) is 12.1 Å². The number of hydrogen-bond acceptors (Lipinski definition) is 2. The van der Waals surface area contributed by atoms with Crippen molar-refractivity contribution in [3.05, 3.63) is 64.5 Å². The molecule has 26 heavy (non-hydrogen) atoms. The van der Waals surface area contributed by atoms with Crippen LogP contribution in [0, 0.1) is 5.82 Å². The first-order chi connectivity index (χ1) is 12.6. The smallest absolute Gasteiger partial charge is 0.270 e. The summed E-state index contributed by atoms with van der Waals surface area (Å²) in [4.78, 5) is 20.3. The molecular formula is C20H19BrFN3O. The van der Waals surface area contributed by atoms with Gasteiger partial charge in [0.15, 0.2) is 0 Å². The highest BCUT2D eigenvalue weighted by Gasteiger charge is 2.22. The SMILES string of the molecule is O=C(c1cc2c(Br)cccc2[nH]1)N1CCCN(c2ccc(F)cc2)CC1. The molecule has 6 heteroatoms. The average Bonchev–Trinajstić information content (AvgIpc) is 2.94. The second-order valence-corrected chi connectivity index (χ2v) is 7.35. The number of anilines is 1. The molecule has 0 saturated carbocycles. The largest absolute Gasteiger partial charge is 0.370 e. The highest BCUT2D eigenvalue weighted by atomic mass is 79.9. The van der Waals surface area contributed by atoms with Crippen LogP contribution in [0.2, 0.25) is 0 Å². The van der Waals surface area contributed by atoms with Crippen molar-refractivity contribution in [2.75, 3.05) is 31.1 Å². The van der Waals surface area contributed by atoms with E-state index in [9.17, 15) is 9.18 Å². The highest BCUT2D eigenvalue weighted by molar-refractivity contribution is 9.10. The zero-order valence-electron chi connectivity index (χ0n) is 14.2. The Hall–Kier alpha value is -2.34. The van der Waals surface area contributed by atoms with Crippen LogP contribution in [-0.4, -0.2) is 42.0 Å². The van der Waals surface area contributed by atoms with Gasteiger partial charge < -0.3 is 14.8 Å². The van der Waals surface area contributed by atoms with E-state index in [0.29, 0.717) is 18.8 Å². The summed E-state index contributed by atoms with van der Waals surface area (Å²) in [6.07, 6.45) is 0.882. The van der Waals surface area contributed by atoms with Crippen LogP contribution in [0.3, 0.4) is 0 Å². The summed E-state index contributed by atoms with van der Waals surface area (Å²) in [7, 11) is 0. The van der Waals surface area contributed by atoms with Crippen molar-refractivity contribution < 1.29 is 9.18 Å². The number of halogens is 2. The molecule has 0 atom stereocenters. The van der Waals surface area contributed by atoms with E-state index in [2.05, 4.69) is 25.8 Å². The molecule has 1 saturated heterocycles. The van der Waals surface area contributed by atoms with Gasteiger partial charge in [-0.1, -0.05) is 22.0 Å². The summed E-state index contributed by atoms with van der Waals surface area (Å²) >= 11 is 3.53. The maximum atomic E-state index is 13.1. The third-order valence-electron chi connectivity index (χ3n) is 4.82. The third-order valence-corrected chi connectivity index (χ3v) is 5.51. The Kier molecular flexibility index (Phi) is 4.68. The molecule has 4 rings (SSSR count). The van der Waals surface area contributed by atoms with E-state index < -0.39 is 0 Å².